The molecule has 1 aromatic carbocycles. The van der Waals surface area contributed by atoms with Gasteiger partial charge in [0.1, 0.15) is 17.5 Å². The maximum atomic E-state index is 5.53. The summed E-state index contributed by atoms with van der Waals surface area (Å²) in [5, 5.41) is 0. The number of rotatable bonds is 4. The largest absolute Gasteiger partial charge is 0.352 e. The van der Waals surface area contributed by atoms with Crippen molar-refractivity contribution in [1.29, 1.82) is 0 Å². The van der Waals surface area contributed by atoms with E-state index in [9.17, 15) is 0 Å². The van der Waals surface area contributed by atoms with Gasteiger partial charge in [-0.3, -0.25) is 0 Å². The molecule has 3 rings (SSSR count). The predicted molar refractivity (Wildman–Crippen MR) is 85.0 cm³/mol. The van der Waals surface area contributed by atoms with E-state index in [1.807, 2.05) is 6.07 Å². The van der Waals surface area contributed by atoms with Gasteiger partial charge in [0.15, 0.2) is 0 Å². The van der Waals surface area contributed by atoms with E-state index >= 15 is 0 Å². The number of fused-ring (bicyclic) bond motifs is 1. The van der Waals surface area contributed by atoms with Crippen molar-refractivity contribution in [3.63, 3.8) is 0 Å². The molecular formula is C16H21N5. The van der Waals surface area contributed by atoms with Crippen LogP contribution in [0.4, 0.5) is 11.6 Å². The van der Waals surface area contributed by atoms with Crippen molar-refractivity contribution in [2.75, 3.05) is 16.9 Å². The van der Waals surface area contributed by atoms with Gasteiger partial charge in [-0.25, -0.2) is 15.8 Å². The molecule has 1 aliphatic heterocycles. The quantitative estimate of drug-likeness (QED) is 0.665. The molecule has 5 heteroatoms. The van der Waals surface area contributed by atoms with Gasteiger partial charge >= 0.3 is 0 Å². The molecule has 0 radical (unpaired) electrons. The van der Waals surface area contributed by atoms with Crippen LogP contribution in [0, 0.1) is 0 Å². The van der Waals surface area contributed by atoms with Gasteiger partial charge in [0.05, 0.1) is 0 Å². The van der Waals surface area contributed by atoms with Crippen LogP contribution >= 0.6 is 0 Å². The Morgan fingerprint density at radius 2 is 2.05 bits per heavy atom. The topological polar surface area (TPSA) is 67.1 Å². The molecule has 1 aliphatic rings. The van der Waals surface area contributed by atoms with Gasteiger partial charge in [0.2, 0.25) is 0 Å². The highest BCUT2D eigenvalue weighted by Gasteiger charge is 2.18. The van der Waals surface area contributed by atoms with Crippen LogP contribution in [0.25, 0.3) is 0 Å². The molecule has 0 spiro atoms. The van der Waals surface area contributed by atoms with Crippen molar-refractivity contribution in [3.05, 3.63) is 47.3 Å². The van der Waals surface area contributed by atoms with Crippen LogP contribution in [0.1, 0.15) is 30.3 Å². The number of nitrogens with one attached hydrogen (secondary N) is 1. The Morgan fingerprint density at radius 1 is 1.24 bits per heavy atom. The second-order valence-corrected chi connectivity index (χ2v) is 5.36. The zero-order valence-electron chi connectivity index (χ0n) is 12.3. The smallest absolute Gasteiger partial charge is 0.145 e. The molecule has 0 bridgehead atoms. The van der Waals surface area contributed by atoms with Gasteiger partial charge in [-0.1, -0.05) is 31.2 Å². The summed E-state index contributed by atoms with van der Waals surface area (Å²) in [5.74, 6) is 8.02. The normalized spacial score (nSPS) is 13.9. The molecule has 0 amide bonds. The van der Waals surface area contributed by atoms with Gasteiger partial charge in [0.25, 0.3) is 0 Å². The van der Waals surface area contributed by atoms with Crippen LogP contribution in [-0.4, -0.2) is 16.5 Å². The fourth-order valence-corrected chi connectivity index (χ4v) is 2.75. The van der Waals surface area contributed by atoms with E-state index in [0.717, 1.165) is 44.0 Å². The third-order valence-electron chi connectivity index (χ3n) is 3.84. The van der Waals surface area contributed by atoms with Gasteiger partial charge in [-0.2, -0.15) is 0 Å². The van der Waals surface area contributed by atoms with Crippen LogP contribution < -0.4 is 16.2 Å². The molecule has 2 heterocycles. The first kappa shape index (κ1) is 13.8. The summed E-state index contributed by atoms with van der Waals surface area (Å²) in [6.07, 6.45) is 2.94. The Bertz CT molecular complexity index is 626. The van der Waals surface area contributed by atoms with Crippen LogP contribution in [0.5, 0.6) is 0 Å². The van der Waals surface area contributed by atoms with Gasteiger partial charge in [-0.05, 0) is 24.0 Å². The lowest BCUT2D eigenvalue weighted by molar-refractivity contribution is 0.711. The number of aromatic nitrogens is 2. The first-order chi connectivity index (χ1) is 10.3. The van der Waals surface area contributed by atoms with Crippen LogP contribution in [0.2, 0.25) is 0 Å². The van der Waals surface area contributed by atoms with Crippen molar-refractivity contribution in [1.82, 2.24) is 9.97 Å². The molecule has 21 heavy (non-hydrogen) atoms. The van der Waals surface area contributed by atoms with Crippen LogP contribution in [0.3, 0.4) is 0 Å². The molecule has 0 aliphatic carbocycles. The monoisotopic (exact) mass is 283 g/mol. The number of nitrogens with two attached hydrogens (primary N) is 1. The number of anilines is 2. The molecule has 2 aromatic rings. The summed E-state index contributed by atoms with van der Waals surface area (Å²) in [6.45, 7) is 4.00. The van der Waals surface area contributed by atoms with E-state index in [1.54, 1.807) is 0 Å². The number of benzene rings is 1. The zero-order valence-corrected chi connectivity index (χ0v) is 12.3. The minimum absolute atomic E-state index is 0.683. The average molecular weight is 283 g/mol. The first-order valence-corrected chi connectivity index (χ1v) is 7.46. The Balaban J connectivity index is 1.89. The first-order valence-electron chi connectivity index (χ1n) is 7.46. The van der Waals surface area contributed by atoms with Crippen molar-refractivity contribution < 1.29 is 0 Å². The third kappa shape index (κ3) is 2.97. The molecular weight excluding hydrogens is 262 g/mol. The van der Waals surface area contributed by atoms with E-state index < -0.39 is 0 Å². The lowest BCUT2D eigenvalue weighted by Crippen LogP contribution is -2.31. The number of nitrogens with zero attached hydrogens (tertiary/aromatic N) is 3. The lowest BCUT2D eigenvalue weighted by Gasteiger charge is -2.30. The Morgan fingerprint density at radius 3 is 2.81 bits per heavy atom. The molecule has 1 aromatic heterocycles. The zero-order chi connectivity index (χ0) is 14.7. The highest BCUT2D eigenvalue weighted by Crippen LogP contribution is 2.24. The van der Waals surface area contributed by atoms with E-state index in [-0.39, 0.29) is 0 Å². The SMILES string of the molecule is CCCc1nc(NN)cc(N2CCc3ccccc3C2)n1. The van der Waals surface area contributed by atoms with E-state index in [1.165, 1.54) is 11.1 Å². The second-order valence-electron chi connectivity index (χ2n) is 5.36. The third-order valence-corrected chi connectivity index (χ3v) is 3.84. The van der Waals surface area contributed by atoms with Crippen molar-refractivity contribution >= 4 is 11.6 Å². The maximum Gasteiger partial charge on any atom is 0.145 e. The molecule has 110 valence electrons. The molecule has 0 atom stereocenters. The second kappa shape index (κ2) is 6.10. The fourth-order valence-electron chi connectivity index (χ4n) is 2.75. The number of aryl methyl sites for hydroxylation is 1. The van der Waals surface area contributed by atoms with Crippen molar-refractivity contribution in [3.8, 4) is 0 Å². The Hall–Kier alpha value is -2.14. The van der Waals surface area contributed by atoms with E-state index in [4.69, 9.17) is 5.84 Å². The molecule has 0 saturated carbocycles. The molecule has 0 unspecified atom stereocenters. The van der Waals surface area contributed by atoms with E-state index in [2.05, 4.69) is 51.5 Å². The average Bonchev–Trinajstić information content (AvgIpc) is 2.54. The van der Waals surface area contributed by atoms with Gasteiger partial charge < -0.3 is 10.3 Å². The number of hydrogen-bond acceptors (Lipinski definition) is 5. The number of hydrazine groups is 1. The maximum absolute atomic E-state index is 5.53. The van der Waals surface area contributed by atoms with Crippen LogP contribution in [-0.2, 0) is 19.4 Å². The summed E-state index contributed by atoms with van der Waals surface area (Å²) in [7, 11) is 0. The Labute approximate surface area is 125 Å². The highest BCUT2D eigenvalue weighted by molar-refractivity contribution is 5.51. The van der Waals surface area contributed by atoms with Gasteiger partial charge in [0, 0.05) is 25.6 Å². The lowest BCUT2D eigenvalue weighted by atomic mass is 10.00. The standard InChI is InChI=1S/C16H21N5/c1-2-5-14-18-15(20-17)10-16(19-14)21-9-8-12-6-3-4-7-13(12)11-21/h3-4,6-7,10H,2,5,8-9,11,17H2,1H3,(H,18,19,20). The predicted octanol–water partition coefficient (Wildman–Crippen LogP) is 2.28. The minimum Gasteiger partial charge on any atom is -0.352 e. The highest BCUT2D eigenvalue weighted by atomic mass is 15.3. The minimum atomic E-state index is 0.683. The summed E-state index contributed by atoms with van der Waals surface area (Å²) < 4.78 is 0. The summed E-state index contributed by atoms with van der Waals surface area (Å²) in [6, 6.07) is 10.5. The van der Waals surface area contributed by atoms with E-state index in [0.29, 0.717) is 5.82 Å². The van der Waals surface area contributed by atoms with Crippen molar-refractivity contribution in [2.24, 2.45) is 5.84 Å². The molecule has 5 nitrogen and oxygen atoms in total. The summed E-state index contributed by atoms with van der Waals surface area (Å²) in [4.78, 5) is 11.4. The molecule has 3 N–H and O–H groups in total. The summed E-state index contributed by atoms with van der Waals surface area (Å²) in [5.41, 5.74) is 5.46. The molecule has 0 saturated heterocycles. The van der Waals surface area contributed by atoms with Gasteiger partial charge in [-0.15, -0.1) is 0 Å². The summed E-state index contributed by atoms with van der Waals surface area (Å²) >= 11 is 0. The molecule has 0 fully saturated rings. The van der Waals surface area contributed by atoms with Crippen molar-refractivity contribution in [2.45, 2.75) is 32.7 Å². The number of hydrogen-bond donors (Lipinski definition) is 2. The Kier molecular flexibility index (Phi) is 4.01. The van der Waals surface area contributed by atoms with Crippen LogP contribution in [0.15, 0.2) is 30.3 Å². The fraction of sp³-hybridized carbons (Fsp3) is 0.375. The number of nitrogen functional groups attached to an aromatic ring is 1.